The van der Waals surface area contributed by atoms with Gasteiger partial charge in [0.1, 0.15) is 0 Å². The van der Waals surface area contributed by atoms with E-state index in [9.17, 15) is 4.79 Å². The quantitative estimate of drug-likeness (QED) is 0.774. The van der Waals surface area contributed by atoms with E-state index in [1.165, 1.54) is 25.6 Å². The molecule has 2 heterocycles. The number of likely N-dealkylation sites (tertiary alicyclic amines) is 1. The highest BCUT2D eigenvalue weighted by Gasteiger charge is 2.28. The molecule has 0 atom stereocenters. The second-order valence-corrected chi connectivity index (χ2v) is 5.60. The van der Waals surface area contributed by atoms with Crippen molar-refractivity contribution in [1.82, 2.24) is 14.5 Å². The van der Waals surface area contributed by atoms with Crippen molar-refractivity contribution in [1.29, 1.82) is 0 Å². The Balaban J connectivity index is 1.54. The van der Waals surface area contributed by atoms with E-state index in [0.29, 0.717) is 6.04 Å². The Morgan fingerprint density at radius 2 is 2.11 bits per heavy atom. The summed E-state index contributed by atoms with van der Waals surface area (Å²) in [5, 5.41) is 0. The molecule has 1 saturated heterocycles. The van der Waals surface area contributed by atoms with Crippen LogP contribution in [0.15, 0.2) is 12.5 Å². The number of methoxy groups -OCH3 is 1. The number of piperidine rings is 1. The van der Waals surface area contributed by atoms with Gasteiger partial charge in [0, 0.05) is 18.8 Å². The van der Waals surface area contributed by atoms with Crippen LogP contribution in [0.2, 0.25) is 0 Å². The lowest BCUT2D eigenvalue weighted by Gasteiger charge is -2.30. The van der Waals surface area contributed by atoms with E-state index >= 15 is 0 Å². The van der Waals surface area contributed by atoms with Crippen LogP contribution >= 0.6 is 0 Å². The molecule has 1 aromatic rings. The van der Waals surface area contributed by atoms with Crippen molar-refractivity contribution in [3.8, 4) is 0 Å². The molecular formula is C14H21N3O2. The first kappa shape index (κ1) is 12.7. The predicted molar refractivity (Wildman–Crippen MR) is 70.5 cm³/mol. The van der Waals surface area contributed by atoms with Gasteiger partial charge in [0.05, 0.1) is 25.0 Å². The Morgan fingerprint density at radius 1 is 1.37 bits per heavy atom. The van der Waals surface area contributed by atoms with Crippen molar-refractivity contribution >= 4 is 5.97 Å². The summed E-state index contributed by atoms with van der Waals surface area (Å²) in [6.07, 6.45) is 8.31. The van der Waals surface area contributed by atoms with Gasteiger partial charge in [-0.3, -0.25) is 9.69 Å². The third kappa shape index (κ3) is 2.81. The lowest BCUT2D eigenvalue weighted by molar-refractivity contribution is -0.147. The van der Waals surface area contributed by atoms with Crippen LogP contribution in [0.25, 0.3) is 0 Å². The van der Waals surface area contributed by atoms with Crippen LogP contribution in [0, 0.1) is 5.92 Å². The molecule has 5 nitrogen and oxygen atoms in total. The highest BCUT2D eigenvalue weighted by Crippen LogP contribution is 2.36. The van der Waals surface area contributed by atoms with Gasteiger partial charge in [0.25, 0.3) is 0 Å². The van der Waals surface area contributed by atoms with E-state index in [-0.39, 0.29) is 11.9 Å². The van der Waals surface area contributed by atoms with Gasteiger partial charge in [-0.1, -0.05) is 0 Å². The van der Waals surface area contributed by atoms with E-state index < -0.39 is 0 Å². The average Bonchev–Trinajstić information content (AvgIpc) is 3.19. The first-order valence-corrected chi connectivity index (χ1v) is 7.09. The van der Waals surface area contributed by atoms with Crippen LogP contribution < -0.4 is 0 Å². The van der Waals surface area contributed by atoms with Gasteiger partial charge in [0.2, 0.25) is 0 Å². The molecule has 5 heteroatoms. The van der Waals surface area contributed by atoms with Crippen molar-refractivity contribution < 1.29 is 9.53 Å². The third-order valence-corrected chi connectivity index (χ3v) is 4.19. The molecule has 0 bridgehead atoms. The molecule has 1 aliphatic carbocycles. The normalized spacial score (nSPS) is 21.5. The fourth-order valence-corrected chi connectivity index (χ4v) is 2.86. The maximum Gasteiger partial charge on any atom is 0.308 e. The molecular weight excluding hydrogens is 242 g/mol. The molecule has 2 fully saturated rings. The zero-order valence-corrected chi connectivity index (χ0v) is 11.4. The average molecular weight is 263 g/mol. The summed E-state index contributed by atoms with van der Waals surface area (Å²) in [5.74, 6) is 0.0391. The summed E-state index contributed by atoms with van der Waals surface area (Å²) in [4.78, 5) is 18.2. The van der Waals surface area contributed by atoms with Gasteiger partial charge in [-0.25, -0.2) is 4.98 Å². The van der Waals surface area contributed by atoms with Crippen molar-refractivity contribution in [2.24, 2.45) is 5.92 Å². The lowest BCUT2D eigenvalue weighted by Crippen LogP contribution is -2.36. The molecule has 0 amide bonds. The SMILES string of the molecule is COC(=O)C1CCN(Cc2cncn2C2CC2)CC1. The minimum Gasteiger partial charge on any atom is -0.469 e. The van der Waals surface area contributed by atoms with Gasteiger partial charge in [-0.15, -0.1) is 0 Å². The fourth-order valence-electron chi connectivity index (χ4n) is 2.86. The molecule has 3 rings (SSSR count). The largest absolute Gasteiger partial charge is 0.469 e. The zero-order valence-electron chi connectivity index (χ0n) is 11.4. The first-order valence-electron chi connectivity index (χ1n) is 7.09. The fraction of sp³-hybridized carbons (Fsp3) is 0.714. The highest BCUT2D eigenvalue weighted by molar-refractivity contribution is 5.72. The second-order valence-electron chi connectivity index (χ2n) is 5.60. The minimum atomic E-state index is -0.0531. The van der Waals surface area contributed by atoms with E-state index in [1.54, 1.807) is 0 Å². The summed E-state index contributed by atoms with van der Waals surface area (Å²) in [6, 6.07) is 0.685. The lowest BCUT2D eigenvalue weighted by atomic mass is 9.97. The maximum absolute atomic E-state index is 11.5. The zero-order chi connectivity index (χ0) is 13.2. The standard InChI is InChI=1S/C14H21N3O2/c1-19-14(18)11-4-6-16(7-5-11)9-13-8-15-10-17(13)12-2-3-12/h8,10-12H,2-7,9H2,1H3. The van der Waals surface area contributed by atoms with Crippen LogP contribution in [0.5, 0.6) is 0 Å². The van der Waals surface area contributed by atoms with Crippen molar-refractivity contribution in [2.45, 2.75) is 38.3 Å². The summed E-state index contributed by atoms with van der Waals surface area (Å²) in [7, 11) is 1.48. The monoisotopic (exact) mass is 263 g/mol. The number of ether oxygens (including phenoxy) is 1. The molecule has 1 aliphatic heterocycles. The summed E-state index contributed by atoms with van der Waals surface area (Å²) in [5.41, 5.74) is 1.30. The summed E-state index contributed by atoms with van der Waals surface area (Å²) >= 11 is 0. The van der Waals surface area contributed by atoms with Crippen LogP contribution in [0.4, 0.5) is 0 Å². The highest BCUT2D eigenvalue weighted by atomic mass is 16.5. The molecule has 0 radical (unpaired) electrons. The maximum atomic E-state index is 11.5. The summed E-state index contributed by atoms with van der Waals surface area (Å²) in [6.45, 7) is 2.88. The molecule has 0 aromatic carbocycles. The number of rotatable bonds is 4. The number of nitrogens with zero attached hydrogens (tertiary/aromatic N) is 3. The number of imidazole rings is 1. The Labute approximate surface area is 113 Å². The van der Waals surface area contributed by atoms with Crippen LogP contribution in [0.1, 0.15) is 37.4 Å². The van der Waals surface area contributed by atoms with Gasteiger partial charge in [0.15, 0.2) is 0 Å². The molecule has 0 spiro atoms. The molecule has 2 aliphatic rings. The number of esters is 1. The van der Waals surface area contributed by atoms with Crippen LogP contribution in [-0.2, 0) is 16.1 Å². The summed E-state index contributed by atoms with van der Waals surface area (Å²) < 4.78 is 7.13. The predicted octanol–water partition coefficient (Wildman–Crippen LogP) is 1.60. The Kier molecular flexibility index (Phi) is 3.55. The molecule has 19 heavy (non-hydrogen) atoms. The molecule has 0 unspecified atom stereocenters. The minimum absolute atomic E-state index is 0.0531. The number of carbonyl (C=O) groups excluding carboxylic acids is 1. The molecule has 104 valence electrons. The number of carbonyl (C=O) groups is 1. The van der Waals surface area contributed by atoms with E-state index in [2.05, 4.69) is 14.5 Å². The number of aromatic nitrogens is 2. The van der Waals surface area contributed by atoms with Crippen LogP contribution in [0.3, 0.4) is 0 Å². The van der Waals surface area contributed by atoms with Crippen molar-refractivity contribution in [2.75, 3.05) is 20.2 Å². The Bertz CT molecular complexity index is 445. The molecule has 1 aromatic heterocycles. The second kappa shape index (κ2) is 5.33. The smallest absolute Gasteiger partial charge is 0.308 e. The van der Waals surface area contributed by atoms with Crippen molar-refractivity contribution in [3.05, 3.63) is 18.2 Å². The van der Waals surface area contributed by atoms with Gasteiger partial charge >= 0.3 is 5.97 Å². The van der Waals surface area contributed by atoms with E-state index in [0.717, 1.165) is 32.5 Å². The Hall–Kier alpha value is -1.36. The first-order chi connectivity index (χ1) is 9.28. The van der Waals surface area contributed by atoms with Gasteiger partial charge in [-0.2, -0.15) is 0 Å². The van der Waals surface area contributed by atoms with E-state index in [4.69, 9.17) is 4.74 Å². The van der Waals surface area contributed by atoms with Crippen molar-refractivity contribution in [3.63, 3.8) is 0 Å². The molecule has 0 N–H and O–H groups in total. The Morgan fingerprint density at radius 3 is 2.74 bits per heavy atom. The molecule has 1 saturated carbocycles. The van der Waals surface area contributed by atoms with E-state index in [1.807, 2.05) is 12.5 Å². The van der Waals surface area contributed by atoms with Gasteiger partial charge in [-0.05, 0) is 38.8 Å². The van der Waals surface area contributed by atoms with Gasteiger partial charge < -0.3 is 9.30 Å². The number of hydrogen-bond acceptors (Lipinski definition) is 4. The number of hydrogen-bond donors (Lipinski definition) is 0. The topological polar surface area (TPSA) is 47.4 Å². The third-order valence-electron chi connectivity index (χ3n) is 4.19. The van der Waals surface area contributed by atoms with Crippen LogP contribution in [-0.4, -0.2) is 40.6 Å².